The van der Waals surface area contributed by atoms with Crippen molar-refractivity contribution in [2.24, 2.45) is 0 Å². The zero-order valence-corrected chi connectivity index (χ0v) is 7.30. The van der Waals surface area contributed by atoms with E-state index in [2.05, 4.69) is 10.7 Å². The average Bonchev–Trinajstić information content (AvgIpc) is 2.74. The van der Waals surface area contributed by atoms with Crippen LogP contribution in [0, 0.1) is 0 Å². The van der Waals surface area contributed by atoms with E-state index in [0.717, 1.165) is 18.0 Å². The van der Waals surface area contributed by atoms with E-state index in [9.17, 15) is 0 Å². The summed E-state index contributed by atoms with van der Waals surface area (Å²) < 4.78 is 5.17. The second-order valence-corrected chi connectivity index (χ2v) is 3.22. The highest BCUT2D eigenvalue weighted by atomic mass is 32.1. The van der Waals surface area contributed by atoms with E-state index in [1.54, 1.807) is 17.6 Å². The molecule has 2 aromatic heterocycles. The summed E-state index contributed by atoms with van der Waals surface area (Å²) in [6.07, 6.45) is 1.69. The van der Waals surface area contributed by atoms with Crippen molar-refractivity contribution in [1.29, 1.82) is 0 Å². The Morgan fingerprint density at radius 3 is 3.08 bits per heavy atom. The Kier molecular flexibility index (Phi) is 2.14. The van der Waals surface area contributed by atoms with Crippen LogP contribution in [0.1, 0.15) is 5.76 Å². The van der Waals surface area contributed by atoms with E-state index in [0.29, 0.717) is 0 Å². The largest absolute Gasteiger partial charge is 0.467 e. The fourth-order valence-electron chi connectivity index (χ4n) is 0.967. The summed E-state index contributed by atoms with van der Waals surface area (Å²) >= 11 is 1.68. The third-order valence-corrected chi connectivity index (χ3v) is 2.25. The smallest absolute Gasteiger partial charge is 0.122 e. The van der Waals surface area contributed by atoms with Gasteiger partial charge < -0.3 is 9.73 Å². The molecule has 3 heteroatoms. The molecule has 0 fully saturated rings. The molecule has 2 heterocycles. The molecule has 0 aliphatic rings. The minimum absolute atomic E-state index is 0.754. The van der Waals surface area contributed by atoms with Crippen molar-refractivity contribution in [2.45, 2.75) is 6.54 Å². The van der Waals surface area contributed by atoms with Gasteiger partial charge in [-0.25, -0.2) is 0 Å². The fourth-order valence-corrected chi connectivity index (χ4v) is 1.58. The van der Waals surface area contributed by atoms with Crippen molar-refractivity contribution in [3.8, 4) is 0 Å². The molecule has 62 valence electrons. The number of anilines is 1. The van der Waals surface area contributed by atoms with Crippen molar-refractivity contribution in [2.75, 3.05) is 5.32 Å². The predicted octanol–water partition coefficient (Wildman–Crippen LogP) is 2.95. The SMILES string of the molecule is c1coc(CNc2ccsc2)c1. The highest BCUT2D eigenvalue weighted by molar-refractivity contribution is 7.08. The molecule has 2 rings (SSSR count). The zero-order chi connectivity index (χ0) is 8.23. The highest BCUT2D eigenvalue weighted by Gasteiger charge is 1.94. The summed E-state index contributed by atoms with van der Waals surface area (Å²) in [6, 6.07) is 5.90. The Labute approximate surface area is 74.8 Å². The standard InChI is InChI=1S/C9H9NOS/c1-2-9(11-4-1)6-10-8-3-5-12-7-8/h1-5,7,10H,6H2. The van der Waals surface area contributed by atoms with E-state index >= 15 is 0 Å². The van der Waals surface area contributed by atoms with Gasteiger partial charge >= 0.3 is 0 Å². The van der Waals surface area contributed by atoms with Gasteiger partial charge in [0.15, 0.2) is 0 Å². The van der Waals surface area contributed by atoms with E-state index in [1.165, 1.54) is 0 Å². The second kappa shape index (κ2) is 3.45. The van der Waals surface area contributed by atoms with Crippen LogP contribution < -0.4 is 5.32 Å². The van der Waals surface area contributed by atoms with Crippen LogP contribution in [-0.2, 0) is 6.54 Å². The van der Waals surface area contributed by atoms with E-state index in [1.807, 2.05) is 23.6 Å². The molecule has 2 nitrogen and oxygen atoms in total. The lowest BCUT2D eigenvalue weighted by atomic mass is 10.4. The normalized spacial score (nSPS) is 10.0. The Hall–Kier alpha value is -1.22. The van der Waals surface area contributed by atoms with Crippen LogP contribution in [0.5, 0.6) is 0 Å². The Morgan fingerprint density at radius 2 is 2.42 bits per heavy atom. The van der Waals surface area contributed by atoms with Gasteiger partial charge in [-0.05, 0) is 23.6 Å². The van der Waals surface area contributed by atoms with Crippen LogP contribution in [0.2, 0.25) is 0 Å². The van der Waals surface area contributed by atoms with Crippen LogP contribution in [-0.4, -0.2) is 0 Å². The maximum atomic E-state index is 5.17. The molecule has 0 amide bonds. The van der Waals surface area contributed by atoms with Gasteiger partial charge in [0.05, 0.1) is 12.8 Å². The maximum Gasteiger partial charge on any atom is 0.122 e. The summed E-state index contributed by atoms with van der Waals surface area (Å²) in [6.45, 7) is 0.754. The van der Waals surface area contributed by atoms with Crippen molar-refractivity contribution in [3.05, 3.63) is 41.0 Å². The quantitative estimate of drug-likeness (QED) is 0.783. The number of hydrogen-bond acceptors (Lipinski definition) is 3. The summed E-state index contributed by atoms with van der Waals surface area (Å²) in [5.41, 5.74) is 1.15. The minimum Gasteiger partial charge on any atom is -0.467 e. The van der Waals surface area contributed by atoms with Crippen molar-refractivity contribution < 1.29 is 4.42 Å². The summed E-state index contributed by atoms with van der Waals surface area (Å²) in [4.78, 5) is 0. The molecule has 0 radical (unpaired) electrons. The Bertz CT molecular complexity index is 278. The van der Waals surface area contributed by atoms with Gasteiger partial charge in [-0.15, -0.1) is 0 Å². The fraction of sp³-hybridized carbons (Fsp3) is 0.111. The molecule has 2 aromatic rings. The van der Waals surface area contributed by atoms with Gasteiger partial charge in [-0.3, -0.25) is 0 Å². The van der Waals surface area contributed by atoms with Crippen molar-refractivity contribution >= 4 is 17.0 Å². The third-order valence-electron chi connectivity index (χ3n) is 1.57. The van der Waals surface area contributed by atoms with Gasteiger partial charge in [0.1, 0.15) is 5.76 Å². The first-order chi connectivity index (χ1) is 5.95. The van der Waals surface area contributed by atoms with Crippen LogP contribution in [0.25, 0.3) is 0 Å². The topological polar surface area (TPSA) is 25.2 Å². The van der Waals surface area contributed by atoms with E-state index in [4.69, 9.17) is 4.42 Å². The molecule has 0 saturated heterocycles. The maximum absolute atomic E-state index is 5.17. The summed E-state index contributed by atoms with van der Waals surface area (Å²) in [5, 5.41) is 7.36. The third kappa shape index (κ3) is 1.68. The van der Waals surface area contributed by atoms with Crippen molar-refractivity contribution in [1.82, 2.24) is 0 Å². The van der Waals surface area contributed by atoms with Gasteiger partial charge in [-0.1, -0.05) is 0 Å². The van der Waals surface area contributed by atoms with Gasteiger partial charge in [-0.2, -0.15) is 11.3 Å². The predicted molar refractivity (Wildman–Crippen MR) is 50.4 cm³/mol. The summed E-state index contributed by atoms with van der Waals surface area (Å²) in [5.74, 6) is 0.959. The number of rotatable bonds is 3. The molecule has 0 atom stereocenters. The number of furan rings is 1. The number of thiophene rings is 1. The monoisotopic (exact) mass is 179 g/mol. The molecular weight excluding hydrogens is 170 g/mol. The molecular formula is C9H9NOS. The first kappa shape index (κ1) is 7.43. The highest BCUT2D eigenvalue weighted by Crippen LogP contribution is 2.13. The second-order valence-electron chi connectivity index (χ2n) is 2.44. The molecule has 0 bridgehead atoms. The van der Waals surface area contributed by atoms with E-state index < -0.39 is 0 Å². The Balaban J connectivity index is 1.91. The van der Waals surface area contributed by atoms with E-state index in [-0.39, 0.29) is 0 Å². The average molecular weight is 179 g/mol. The first-order valence-corrected chi connectivity index (χ1v) is 4.68. The van der Waals surface area contributed by atoms with Crippen LogP contribution in [0.3, 0.4) is 0 Å². The van der Waals surface area contributed by atoms with Gasteiger partial charge in [0, 0.05) is 11.1 Å². The van der Waals surface area contributed by atoms with Crippen LogP contribution in [0.4, 0.5) is 5.69 Å². The zero-order valence-electron chi connectivity index (χ0n) is 6.49. The van der Waals surface area contributed by atoms with Crippen LogP contribution >= 0.6 is 11.3 Å². The van der Waals surface area contributed by atoms with Gasteiger partial charge in [0.2, 0.25) is 0 Å². The Morgan fingerprint density at radius 1 is 1.42 bits per heavy atom. The number of hydrogen-bond donors (Lipinski definition) is 1. The molecule has 0 unspecified atom stereocenters. The lowest BCUT2D eigenvalue weighted by Crippen LogP contribution is -1.95. The minimum atomic E-state index is 0.754. The molecule has 1 N–H and O–H groups in total. The molecule has 12 heavy (non-hydrogen) atoms. The summed E-state index contributed by atoms with van der Waals surface area (Å²) in [7, 11) is 0. The first-order valence-electron chi connectivity index (χ1n) is 3.73. The lowest BCUT2D eigenvalue weighted by molar-refractivity contribution is 0.518. The van der Waals surface area contributed by atoms with Gasteiger partial charge in [0.25, 0.3) is 0 Å². The molecule has 0 aliphatic heterocycles. The molecule has 0 spiro atoms. The van der Waals surface area contributed by atoms with Crippen molar-refractivity contribution in [3.63, 3.8) is 0 Å². The molecule has 0 aliphatic carbocycles. The van der Waals surface area contributed by atoms with Crippen LogP contribution in [0.15, 0.2) is 39.6 Å². The molecule has 0 aromatic carbocycles. The lowest BCUT2D eigenvalue weighted by Gasteiger charge is -1.98. The molecule has 0 saturated carbocycles. The number of nitrogens with one attached hydrogen (secondary N) is 1.